The molecule has 16 heteroatoms. The van der Waals surface area contributed by atoms with Gasteiger partial charge in [-0.2, -0.15) is 0 Å². The second kappa shape index (κ2) is 19.7. The van der Waals surface area contributed by atoms with Gasteiger partial charge >= 0.3 is 7.12 Å². The summed E-state index contributed by atoms with van der Waals surface area (Å²) in [7, 11) is -13.5. The van der Waals surface area contributed by atoms with Crippen molar-refractivity contribution in [3.05, 3.63) is 53.6 Å². The van der Waals surface area contributed by atoms with Crippen LogP contribution in [0, 0.1) is 0 Å². The fourth-order valence-electron chi connectivity index (χ4n) is 7.31. The average Bonchev–Trinajstić information content (AvgIpc) is 3.35. The van der Waals surface area contributed by atoms with Gasteiger partial charge in [0.25, 0.3) is 0 Å². The lowest BCUT2D eigenvalue weighted by atomic mass is 9.79. The second-order valence-electron chi connectivity index (χ2n) is 27.0. The molecule has 0 saturated carbocycles. The summed E-state index contributed by atoms with van der Waals surface area (Å²) in [6.45, 7) is 57.0. The van der Waals surface area contributed by atoms with E-state index in [9.17, 15) is 8.42 Å². The number of likely N-dealkylation sites (tertiary alicyclic amines) is 1. The Labute approximate surface area is 414 Å². The van der Waals surface area contributed by atoms with Crippen LogP contribution in [0.1, 0.15) is 122 Å². The van der Waals surface area contributed by atoms with Crippen molar-refractivity contribution in [3.63, 3.8) is 0 Å². The molecule has 2 aliphatic rings. The molecule has 4 atom stereocenters. The van der Waals surface area contributed by atoms with E-state index >= 15 is 0 Å². The van der Waals surface area contributed by atoms with Gasteiger partial charge in [0.05, 0.1) is 47.1 Å². The van der Waals surface area contributed by atoms with Crippen LogP contribution < -0.4 is 10.8 Å². The highest BCUT2D eigenvalue weighted by molar-refractivity contribution is 7.90. The van der Waals surface area contributed by atoms with Gasteiger partial charge in [0.1, 0.15) is 0 Å². The topological polar surface area (TPSA) is 105 Å². The number of anilines is 1. The van der Waals surface area contributed by atoms with Crippen LogP contribution in [0.3, 0.4) is 0 Å². The van der Waals surface area contributed by atoms with Crippen molar-refractivity contribution in [2.45, 2.75) is 237 Å². The first-order valence-electron chi connectivity index (χ1n) is 24.7. The van der Waals surface area contributed by atoms with Gasteiger partial charge in [0, 0.05) is 31.6 Å². The van der Waals surface area contributed by atoms with E-state index in [1.807, 2.05) is 33.8 Å². The number of nitrogens with zero attached hydrogens (tertiary/aromatic N) is 1. The van der Waals surface area contributed by atoms with Crippen LogP contribution in [0.25, 0.3) is 0 Å². The van der Waals surface area contributed by atoms with E-state index in [1.54, 1.807) is 12.1 Å². The highest BCUT2D eigenvalue weighted by atomic mass is 32.2. The zero-order chi connectivity index (χ0) is 51.6. The second-order valence-corrected chi connectivity index (χ2v) is 48.1. The molecule has 2 aromatic carbocycles. The first-order chi connectivity index (χ1) is 29.8. The van der Waals surface area contributed by atoms with Gasteiger partial charge in [-0.25, -0.2) is 8.42 Å². The minimum absolute atomic E-state index is 0.00924. The number of sulfone groups is 1. The van der Waals surface area contributed by atoms with Gasteiger partial charge in [0.2, 0.25) is 0 Å². The van der Waals surface area contributed by atoms with Crippen molar-refractivity contribution in [3.8, 4) is 0 Å². The zero-order valence-electron chi connectivity index (χ0n) is 46.9. The van der Waals surface area contributed by atoms with Crippen molar-refractivity contribution in [2.75, 3.05) is 24.7 Å². The summed E-state index contributed by atoms with van der Waals surface area (Å²) in [6, 6.07) is 13.9. The molecule has 4 rings (SSSR count). The third kappa shape index (κ3) is 13.9. The third-order valence-electron chi connectivity index (χ3n) is 16.9. The van der Waals surface area contributed by atoms with Crippen molar-refractivity contribution < 1.29 is 35.4 Å². The Kier molecular flexibility index (Phi) is 17.2. The molecule has 2 aromatic rings. The van der Waals surface area contributed by atoms with E-state index in [-0.39, 0.29) is 49.4 Å². The Bertz CT molecular complexity index is 2120. The number of benzene rings is 2. The van der Waals surface area contributed by atoms with Crippen molar-refractivity contribution in [1.82, 2.24) is 4.90 Å². The summed E-state index contributed by atoms with van der Waals surface area (Å²) in [5.41, 5.74) is 2.45. The Morgan fingerprint density at radius 2 is 1.13 bits per heavy atom. The Morgan fingerprint density at radius 1 is 0.672 bits per heavy atom. The van der Waals surface area contributed by atoms with Crippen LogP contribution >= 0.6 is 0 Å². The monoisotopic (exact) mass is 1020 g/mol. The molecule has 2 saturated heterocycles. The van der Waals surface area contributed by atoms with Crippen LogP contribution in [0.2, 0.25) is 72.5 Å². The molecule has 0 amide bonds. The van der Waals surface area contributed by atoms with E-state index in [2.05, 4.69) is 170 Å². The summed E-state index contributed by atoms with van der Waals surface area (Å²) >= 11 is 0. The molecule has 2 heterocycles. The van der Waals surface area contributed by atoms with Gasteiger partial charge in [-0.15, -0.1) is 0 Å². The summed E-state index contributed by atoms with van der Waals surface area (Å²) in [5.74, 6) is 0. The SMILES string of the molecule is CC1(C)OB(c2cc(NCc3cccc(CN4CC(O[Si](C)(C)C(C)(C)C)C(O[Si](C)(C)C(C)(C)C)C(O[Si](C)(C)C(C)(C)C)[C@H]4CO[Si](C)(C)C(C)(C)C)c3)cc(S(C)(=O)=O)c2)OC1(C)C. The standard InChI is InChI=1S/C51H95BN2O8SSi4/c1-46(2,3)64(18,19)57-36-42-44(59-66(22,23)48(7,8)9)45(60-67(24,25)49(10,11)12)43(58-65(20,21)47(4,5)6)35-54(42)34-38-28-26-27-37(29-38)33-53-40-30-39(31-41(32-40)63(17,55)56)52-61-50(13,14)51(15,16)62-52/h26-32,42-45,53H,33-36H2,1-25H3/t42-,43?,44?,45?/m1/s1. The van der Waals surface area contributed by atoms with Gasteiger partial charge < -0.3 is 32.3 Å². The minimum atomic E-state index is -3.53. The lowest BCUT2D eigenvalue weighted by molar-refractivity contribution is -0.130. The Balaban J connectivity index is 1.83. The zero-order valence-corrected chi connectivity index (χ0v) is 51.7. The summed E-state index contributed by atoms with van der Waals surface area (Å²) in [5, 5.41) is 3.52. The fourth-order valence-corrected chi connectivity index (χ4v) is 13.0. The molecule has 10 nitrogen and oxygen atoms in total. The molecule has 0 aromatic heterocycles. The van der Waals surface area contributed by atoms with Crippen LogP contribution in [-0.2, 0) is 49.9 Å². The molecular formula is C51H95BN2O8SSi4. The molecule has 2 fully saturated rings. The lowest BCUT2D eigenvalue weighted by Crippen LogP contribution is -2.70. The summed E-state index contributed by atoms with van der Waals surface area (Å²) in [4.78, 5) is 2.81. The molecular weight excluding hydrogens is 924 g/mol. The number of rotatable bonds is 16. The maximum Gasteiger partial charge on any atom is 0.494 e. The van der Waals surface area contributed by atoms with Gasteiger partial charge in [-0.05, 0) is 135 Å². The highest BCUT2D eigenvalue weighted by Crippen LogP contribution is 2.46. The largest absolute Gasteiger partial charge is 0.494 e. The van der Waals surface area contributed by atoms with Crippen molar-refractivity contribution in [2.24, 2.45) is 0 Å². The number of piperidine rings is 1. The van der Waals surface area contributed by atoms with E-state index in [0.29, 0.717) is 37.4 Å². The summed E-state index contributed by atoms with van der Waals surface area (Å²) in [6.07, 6.45) is 0.432. The predicted octanol–water partition coefficient (Wildman–Crippen LogP) is 12.4. The predicted molar refractivity (Wildman–Crippen MR) is 293 cm³/mol. The van der Waals surface area contributed by atoms with Crippen LogP contribution in [0.5, 0.6) is 0 Å². The quantitative estimate of drug-likeness (QED) is 0.163. The molecule has 0 radical (unpaired) electrons. The molecule has 0 aliphatic carbocycles. The van der Waals surface area contributed by atoms with E-state index < -0.39 is 61.4 Å². The van der Waals surface area contributed by atoms with Crippen LogP contribution in [-0.4, -0.2) is 109 Å². The molecule has 1 N–H and O–H groups in total. The average molecular weight is 1020 g/mol. The Hall–Kier alpha value is -1.16. The van der Waals surface area contributed by atoms with Crippen LogP contribution in [0.4, 0.5) is 5.69 Å². The third-order valence-corrected chi connectivity index (χ3v) is 35.9. The number of nitrogens with one attached hydrogen (secondary N) is 1. The molecule has 67 heavy (non-hydrogen) atoms. The maximum atomic E-state index is 13.0. The first-order valence-corrected chi connectivity index (χ1v) is 38.3. The normalized spacial score (nSPS) is 22.9. The first kappa shape index (κ1) is 58.4. The van der Waals surface area contributed by atoms with E-state index in [1.165, 1.54) is 11.8 Å². The van der Waals surface area contributed by atoms with Crippen molar-refractivity contribution in [1.29, 1.82) is 0 Å². The smallest absolute Gasteiger partial charge is 0.415 e. The Morgan fingerprint density at radius 3 is 1.61 bits per heavy atom. The molecule has 2 aliphatic heterocycles. The number of hydrogen-bond donors (Lipinski definition) is 1. The molecule has 382 valence electrons. The fraction of sp³-hybridized carbons (Fsp3) is 0.765. The summed E-state index contributed by atoms with van der Waals surface area (Å²) < 4.78 is 69.0. The van der Waals surface area contributed by atoms with E-state index in [4.69, 9.17) is 27.0 Å². The minimum Gasteiger partial charge on any atom is -0.415 e. The van der Waals surface area contributed by atoms with Gasteiger partial charge in [0.15, 0.2) is 43.1 Å². The van der Waals surface area contributed by atoms with Gasteiger partial charge in [-0.1, -0.05) is 107 Å². The van der Waals surface area contributed by atoms with Crippen LogP contribution in [0.15, 0.2) is 47.4 Å². The number of hydrogen-bond acceptors (Lipinski definition) is 10. The highest BCUT2D eigenvalue weighted by Gasteiger charge is 2.56. The maximum absolute atomic E-state index is 13.0. The molecule has 0 spiro atoms. The molecule has 3 unspecified atom stereocenters. The van der Waals surface area contributed by atoms with Crippen molar-refractivity contribution >= 4 is 61.4 Å². The lowest BCUT2D eigenvalue weighted by Gasteiger charge is -2.56. The van der Waals surface area contributed by atoms with Gasteiger partial charge in [-0.3, -0.25) is 4.90 Å². The van der Waals surface area contributed by atoms with E-state index in [0.717, 1.165) is 5.56 Å². The molecule has 0 bridgehead atoms.